The number of likely N-dealkylation sites (tertiary alicyclic amines) is 1. The van der Waals surface area contributed by atoms with Gasteiger partial charge in [-0.25, -0.2) is 4.79 Å². The molecule has 0 spiro atoms. The maximum Gasteiger partial charge on any atom is 0.315 e. The Morgan fingerprint density at radius 3 is 2.34 bits per heavy atom. The summed E-state index contributed by atoms with van der Waals surface area (Å²) in [6, 6.07) is -2.85. The molecule has 1 saturated heterocycles. The standard InChI is InChI=1S/C25H43N5O5/c1-9-11-15(18(31)21(33)27-12-10-2)28-20(32)17-16-14(25(16,6)7)13-30(17)22(34)19(24(3,4)5)29-23(35)26-8/h10,14-19,31H,2,9,11-13H2,1,3-8H3,(H,27,33)(H,28,32)(H2,26,29,35)/t14?,15?,16?,17-,18?,19+/m0/s1. The number of rotatable bonds is 10. The molecule has 5 N–H and O–H groups in total. The Morgan fingerprint density at radius 2 is 1.83 bits per heavy atom. The van der Waals surface area contributed by atoms with Gasteiger partial charge in [0.1, 0.15) is 12.1 Å². The number of carbonyl (C=O) groups is 4. The van der Waals surface area contributed by atoms with E-state index in [4.69, 9.17) is 0 Å². The number of carbonyl (C=O) groups excluding carboxylic acids is 4. The van der Waals surface area contributed by atoms with Gasteiger partial charge in [0, 0.05) is 20.1 Å². The highest BCUT2D eigenvalue weighted by atomic mass is 16.3. The van der Waals surface area contributed by atoms with Gasteiger partial charge in [-0.1, -0.05) is 54.0 Å². The first-order valence-electron chi connectivity index (χ1n) is 12.4. The third-order valence-electron chi connectivity index (χ3n) is 7.37. The second kappa shape index (κ2) is 11.0. The first-order valence-corrected chi connectivity index (χ1v) is 12.4. The van der Waals surface area contributed by atoms with Gasteiger partial charge in [0.2, 0.25) is 11.8 Å². The zero-order valence-electron chi connectivity index (χ0n) is 22.1. The van der Waals surface area contributed by atoms with Crippen LogP contribution in [0.5, 0.6) is 0 Å². The zero-order valence-corrected chi connectivity index (χ0v) is 22.1. The van der Waals surface area contributed by atoms with E-state index in [-0.39, 0.29) is 29.7 Å². The van der Waals surface area contributed by atoms with Crippen LogP contribution < -0.4 is 21.3 Å². The van der Waals surface area contributed by atoms with Gasteiger partial charge in [0.15, 0.2) is 6.10 Å². The zero-order chi connectivity index (χ0) is 26.7. The van der Waals surface area contributed by atoms with Crippen molar-refractivity contribution in [3.8, 4) is 0 Å². The van der Waals surface area contributed by atoms with Crippen molar-refractivity contribution in [2.45, 2.75) is 78.6 Å². The number of aliphatic hydroxyl groups excluding tert-OH is 1. The van der Waals surface area contributed by atoms with Gasteiger partial charge < -0.3 is 31.3 Å². The molecule has 1 aliphatic heterocycles. The van der Waals surface area contributed by atoms with E-state index in [1.54, 1.807) is 4.90 Å². The molecule has 1 saturated carbocycles. The number of hydrogen-bond acceptors (Lipinski definition) is 5. The highest BCUT2D eigenvalue weighted by molar-refractivity contribution is 5.94. The molecule has 10 heteroatoms. The summed E-state index contributed by atoms with van der Waals surface area (Å²) in [6.07, 6.45) is 1.12. The fourth-order valence-corrected chi connectivity index (χ4v) is 5.18. The fourth-order valence-electron chi connectivity index (χ4n) is 5.18. The second-order valence-corrected chi connectivity index (χ2v) is 11.3. The molecule has 10 nitrogen and oxygen atoms in total. The van der Waals surface area contributed by atoms with E-state index in [1.165, 1.54) is 13.1 Å². The minimum Gasteiger partial charge on any atom is -0.381 e. The smallest absolute Gasteiger partial charge is 0.315 e. The number of piperidine rings is 1. The summed E-state index contributed by atoms with van der Waals surface area (Å²) in [5.74, 6) is -1.18. The highest BCUT2D eigenvalue weighted by Crippen LogP contribution is 2.65. The van der Waals surface area contributed by atoms with E-state index >= 15 is 0 Å². The first-order chi connectivity index (χ1) is 16.2. The van der Waals surface area contributed by atoms with Gasteiger partial charge in [-0.3, -0.25) is 14.4 Å². The number of fused-ring (bicyclic) bond motifs is 1. The molecular weight excluding hydrogens is 450 g/mol. The van der Waals surface area contributed by atoms with Crippen molar-refractivity contribution >= 4 is 23.8 Å². The van der Waals surface area contributed by atoms with Gasteiger partial charge in [-0.05, 0) is 29.1 Å². The molecule has 2 aliphatic rings. The Balaban J connectivity index is 2.28. The molecule has 2 rings (SSSR count). The minimum absolute atomic E-state index is 0.0407. The van der Waals surface area contributed by atoms with Crippen LogP contribution in [0.25, 0.3) is 0 Å². The molecule has 0 aromatic carbocycles. The Morgan fingerprint density at radius 1 is 1.20 bits per heavy atom. The molecule has 198 valence electrons. The van der Waals surface area contributed by atoms with Crippen LogP contribution in [0.4, 0.5) is 4.79 Å². The lowest BCUT2D eigenvalue weighted by Gasteiger charge is -2.38. The van der Waals surface area contributed by atoms with Gasteiger partial charge in [-0.2, -0.15) is 0 Å². The maximum absolute atomic E-state index is 13.7. The quantitative estimate of drug-likeness (QED) is 0.286. The number of nitrogens with one attached hydrogen (secondary N) is 4. The third kappa shape index (κ3) is 6.15. The van der Waals surface area contributed by atoms with Gasteiger partial charge in [0.05, 0.1) is 6.04 Å². The predicted molar refractivity (Wildman–Crippen MR) is 133 cm³/mol. The van der Waals surface area contributed by atoms with Crippen molar-refractivity contribution in [3.05, 3.63) is 12.7 Å². The van der Waals surface area contributed by atoms with E-state index in [2.05, 4.69) is 41.7 Å². The van der Waals surface area contributed by atoms with Crippen LogP contribution in [-0.2, 0) is 14.4 Å². The monoisotopic (exact) mass is 493 g/mol. The number of urea groups is 1. The van der Waals surface area contributed by atoms with Crippen LogP contribution in [0.1, 0.15) is 54.4 Å². The largest absolute Gasteiger partial charge is 0.381 e. The number of hydrogen-bond donors (Lipinski definition) is 5. The van der Waals surface area contributed by atoms with Crippen molar-refractivity contribution in [1.29, 1.82) is 0 Å². The summed E-state index contributed by atoms with van der Waals surface area (Å²) in [7, 11) is 1.48. The normalized spacial score (nSPS) is 24.9. The Bertz CT molecular complexity index is 837. The number of nitrogens with zero attached hydrogens (tertiary/aromatic N) is 1. The molecule has 4 unspecified atom stereocenters. The predicted octanol–water partition coefficient (Wildman–Crippen LogP) is 0.761. The van der Waals surface area contributed by atoms with Gasteiger partial charge in [0.25, 0.3) is 5.91 Å². The Hall–Kier alpha value is -2.62. The van der Waals surface area contributed by atoms with Crippen LogP contribution in [0.3, 0.4) is 0 Å². The number of amides is 5. The molecular formula is C25H43N5O5. The van der Waals surface area contributed by atoms with Crippen LogP contribution in [0.15, 0.2) is 12.7 Å². The fraction of sp³-hybridized carbons (Fsp3) is 0.760. The van der Waals surface area contributed by atoms with Crippen LogP contribution in [0.2, 0.25) is 0 Å². The first kappa shape index (κ1) is 28.6. The second-order valence-electron chi connectivity index (χ2n) is 11.3. The summed E-state index contributed by atoms with van der Waals surface area (Å²) in [4.78, 5) is 53.2. The van der Waals surface area contributed by atoms with Gasteiger partial charge in [-0.15, -0.1) is 6.58 Å². The molecule has 2 fully saturated rings. The lowest BCUT2D eigenvalue weighted by molar-refractivity contribution is -0.144. The summed E-state index contributed by atoms with van der Waals surface area (Å²) in [6.45, 7) is 15.8. The molecule has 0 aromatic rings. The minimum atomic E-state index is -1.43. The molecule has 6 atom stereocenters. The van der Waals surface area contributed by atoms with E-state index in [0.29, 0.717) is 19.4 Å². The molecule has 5 amide bonds. The van der Waals surface area contributed by atoms with Crippen LogP contribution >= 0.6 is 0 Å². The van der Waals surface area contributed by atoms with Crippen molar-refractivity contribution in [2.75, 3.05) is 20.1 Å². The van der Waals surface area contributed by atoms with Crippen LogP contribution in [0, 0.1) is 22.7 Å². The third-order valence-corrected chi connectivity index (χ3v) is 7.37. The average Bonchev–Trinajstić information content (AvgIpc) is 3.12. The topological polar surface area (TPSA) is 140 Å². The summed E-state index contributed by atoms with van der Waals surface area (Å²) < 4.78 is 0. The van der Waals surface area contributed by atoms with Crippen molar-refractivity contribution in [1.82, 2.24) is 26.2 Å². The summed E-state index contributed by atoms with van der Waals surface area (Å²) in [5.41, 5.74) is -0.693. The van der Waals surface area contributed by atoms with E-state index in [0.717, 1.165) is 0 Å². The van der Waals surface area contributed by atoms with Crippen LogP contribution in [-0.4, -0.2) is 78.1 Å². The van der Waals surface area contributed by atoms with Gasteiger partial charge >= 0.3 is 6.03 Å². The van der Waals surface area contributed by atoms with E-state index < -0.39 is 47.5 Å². The SMILES string of the molecule is C=CCNC(=O)C(O)C(CCC)NC(=O)[C@@H]1C2C(CN1C(=O)[C@@H](NC(=O)NC)C(C)(C)C)C2(C)C. The van der Waals surface area contributed by atoms with Crippen molar-refractivity contribution < 1.29 is 24.3 Å². The van der Waals surface area contributed by atoms with Crippen molar-refractivity contribution in [2.24, 2.45) is 22.7 Å². The lowest BCUT2D eigenvalue weighted by atomic mass is 9.85. The summed E-state index contributed by atoms with van der Waals surface area (Å²) in [5, 5.41) is 21.2. The van der Waals surface area contributed by atoms with E-state index in [1.807, 2.05) is 27.7 Å². The molecule has 0 bridgehead atoms. The number of aliphatic hydroxyl groups is 1. The molecule has 0 aromatic heterocycles. The lowest BCUT2D eigenvalue weighted by Crippen LogP contribution is -2.61. The highest BCUT2D eigenvalue weighted by Gasteiger charge is 2.69. The molecule has 0 radical (unpaired) electrons. The Kier molecular flexibility index (Phi) is 8.97. The van der Waals surface area contributed by atoms with E-state index in [9.17, 15) is 24.3 Å². The van der Waals surface area contributed by atoms with Crippen molar-refractivity contribution in [3.63, 3.8) is 0 Å². The Labute approximate surface area is 208 Å². The average molecular weight is 494 g/mol. The summed E-state index contributed by atoms with van der Waals surface area (Å²) >= 11 is 0. The molecule has 1 heterocycles. The maximum atomic E-state index is 13.7. The molecule has 1 aliphatic carbocycles. The molecule has 35 heavy (non-hydrogen) atoms.